The monoisotopic (exact) mass is 385 g/mol. The number of pyridine rings is 1. The predicted molar refractivity (Wildman–Crippen MR) is 110 cm³/mol. The number of nitrogens with one attached hydrogen (secondary N) is 2. The van der Waals surface area contributed by atoms with Gasteiger partial charge in [-0.15, -0.1) is 0 Å². The molecule has 0 aliphatic carbocycles. The molecule has 152 valence electrons. The molecule has 0 unspecified atom stereocenters. The number of amides is 1. The summed E-state index contributed by atoms with van der Waals surface area (Å²) < 4.78 is 5.30. The molecule has 0 fully saturated rings. The fraction of sp³-hybridized carbons (Fsp3) is 0.571. The Hall–Kier alpha value is -2.41. The molecule has 7 heteroatoms. The van der Waals surface area contributed by atoms with Crippen molar-refractivity contribution >= 4 is 11.7 Å². The quantitative estimate of drug-likeness (QED) is 0.796. The lowest BCUT2D eigenvalue weighted by Crippen LogP contribution is -2.26. The maximum Gasteiger partial charge on any atom is 0.254 e. The SMILES string of the molecule is CNC(=O)c1cc2c(nc1NCC(C)C)CCN(Cc1c(C)noc1C)CC2. The van der Waals surface area contributed by atoms with Crippen molar-refractivity contribution in [1.29, 1.82) is 0 Å². The van der Waals surface area contributed by atoms with Crippen molar-refractivity contribution in [3.63, 3.8) is 0 Å². The second-order valence-corrected chi connectivity index (χ2v) is 7.92. The van der Waals surface area contributed by atoms with Gasteiger partial charge in [0, 0.05) is 50.9 Å². The fourth-order valence-corrected chi connectivity index (χ4v) is 3.53. The Balaban J connectivity index is 1.81. The molecule has 2 aromatic heterocycles. The smallest absolute Gasteiger partial charge is 0.254 e. The Kier molecular flexibility index (Phi) is 6.34. The van der Waals surface area contributed by atoms with Crippen LogP contribution in [-0.2, 0) is 19.4 Å². The summed E-state index contributed by atoms with van der Waals surface area (Å²) >= 11 is 0. The first-order valence-electron chi connectivity index (χ1n) is 10.0. The highest BCUT2D eigenvalue weighted by Crippen LogP contribution is 2.23. The van der Waals surface area contributed by atoms with Crippen LogP contribution in [0.1, 0.15) is 52.5 Å². The van der Waals surface area contributed by atoms with E-state index in [-0.39, 0.29) is 5.91 Å². The van der Waals surface area contributed by atoms with Crippen LogP contribution in [0.3, 0.4) is 0 Å². The summed E-state index contributed by atoms with van der Waals surface area (Å²) in [6.45, 7) is 11.7. The van der Waals surface area contributed by atoms with Crippen molar-refractivity contribution in [2.24, 2.45) is 5.92 Å². The Morgan fingerprint density at radius 2 is 2.04 bits per heavy atom. The summed E-state index contributed by atoms with van der Waals surface area (Å²) in [5.74, 6) is 1.95. The van der Waals surface area contributed by atoms with Crippen molar-refractivity contribution in [3.8, 4) is 0 Å². The van der Waals surface area contributed by atoms with Gasteiger partial charge in [-0.05, 0) is 37.8 Å². The maximum absolute atomic E-state index is 12.4. The lowest BCUT2D eigenvalue weighted by molar-refractivity contribution is 0.0963. The van der Waals surface area contributed by atoms with E-state index in [4.69, 9.17) is 9.51 Å². The molecule has 0 saturated heterocycles. The first-order chi connectivity index (χ1) is 13.4. The van der Waals surface area contributed by atoms with Crippen LogP contribution in [0.25, 0.3) is 0 Å². The molecule has 28 heavy (non-hydrogen) atoms. The molecule has 0 saturated carbocycles. The summed E-state index contributed by atoms with van der Waals surface area (Å²) in [6, 6.07) is 2.02. The minimum atomic E-state index is -0.0987. The van der Waals surface area contributed by atoms with Gasteiger partial charge in [-0.25, -0.2) is 4.98 Å². The summed E-state index contributed by atoms with van der Waals surface area (Å²) in [6.07, 6.45) is 1.74. The molecule has 2 N–H and O–H groups in total. The number of anilines is 1. The van der Waals surface area contributed by atoms with E-state index in [1.54, 1.807) is 7.05 Å². The number of aryl methyl sites for hydroxylation is 2. The molecule has 3 rings (SSSR count). The van der Waals surface area contributed by atoms with Crippen LogP contribution in [0.2, 0.25) is 0 Å². The summed E-state index contributed by atoms with van der Waals surface area (Å²) in [5, 5.41) is 10.2. The fourth-order valence-electron chi connectivity index (χ4n) is 3.53. The molecule has 1 amide bonds. The zero-order valence-electron chi connectivity index (χ0n) is 17.6. The number of hydrogen-bond donors (Lipinski definition) is 2. The summed E-state index contributed by atoms with van der Waals surface area (Å²) in [4.78, 5) is 19.6. The largest absolute Gasteiger partial charge is 0.369 e. The van der Waals surface area contributed by atoms with Crippen LogP contribution >= 0.6 is 0 Å². The van der Waals surface area contributed by atoms with Crippen LogP contribution in [0.4, 0.5) is 5.82 Å². The van der Waals surface area contributed by atoms with Gasteiger partial charge in [0.25, 0.3) is 5.91 Å². The number of carbonyl (C=O) groups is 1. The Morgan fingerprint density at radius 1 is 1.29 bits per heavy atom. The van der Waals surface area contributed by atoms with Gasteiger partial charge in [0.15, 0.2) is 0 Å². The third kappa shape index (κ3) is 4.52. The normalized spacial score (nSPS) is 14.6. The standard InChI is InChI=1S/C21H31N5O2/c1-13(2)11-23-20-17(21(27)22-5)10-16-6-8-26(9-7-19(16)24-20)12-18-14(3)25-28-15(18)4/h10,13H,6-9,11-12H2,1-5H3,(H,22,27)(H,23,24). The van der Waals surface area contributed by atoms with E-state index in [0.717, 1.165) is 61.7 Å². The van der Waals surface area contributed by atoms with Crippen LogP contribution in [-0.4, -0.2) is 47.6 Å². The van der Waals surface area contributed by atoms with E-state index in [9.17, 15) is 4.79 Å². The average Bonchev–Trinajstić information content (AvgIpc) is 2.88. The van der Waals surface area contributed by atoms with Gasteiger partial charge in [0.1, 0.15) is 11.6 Å². The minimum absolute atomic E-state index is 0.0987. The third-order valence-corrected chi connectivity index (χ3v) is 5.27. The van der Waals surface area contributed by atoms with Gasteiger partial charge < -0.3 is 15.2 Å². The number of nitrogens with zero attached hydrogens (tertiary/aromatic N) is 3. The number of hydrogen-bond acceptors (Lipinski definition) is 6. The highest BCUT2D eigenvalue weighted by molar-refractivity contribution is 5.98. The van der Waals surface area contributed by atoms with Crippen molar-refractivity contribution in [1.82, 2.24) is 20.4 Å². The molecule has 0 bridgehead atoms. The predicted octanol–water partition coefficient (Wildman–Crippen LogP) is 2.71. The van der Waals surface area contributed by atoms with E-state index >= 15 is 0 Å². The summed E-state index contributed by atoms with van der Waals surface area (Å²) in [5.41, 5.74) is 5.00. The van der Waals surface area contributed by atoms with Crippen molar-refractivity contribution in [2.45, 2.75) is 47.1 Å². The first-order valence-corrected chi connectivity index (χ1v) is 10.0. The zero-order valence-corrected chi connectivity index (χ0v) is 17.6. The van der Waals surface area contributed by atoms with Crippen LogP contribution in [0, 0.1) is 19.8 Å². The molecular formula is C21H31N5O2. The van der Waals surface area contributed by atoms with Crippen molar-refractivity contribution in [2.75, 3.05) is 32.0 Å². The molecule has 7 nitrogen and oxygen atoms in total. The van der Waals surface area contributed by atoms with Crippen LogP contribution < -0.4 is 10.6 Å². The van der Waals surface area contributed by atoms with E-state index in [1.807, 2.05) is 19.9 Å². The molecule has 3 heterocycles. The zero-order chi connectivity index (χ0) is 20.3. The maximum atomic E-state index is 12.4. The summed E-state index contributed by atoms with van der Waals surface area (Å²) in [7, 11) is 1.66. The first kappa shape index (κ1) is 20.3. The van der Waals surface area contributed by atoms with Crippen molar-refractivity contribution in [3.05, 3.63) is 39.9 Å². The Bertz CT molecular complexity index is 824. The van der Waals surface area contributed by atoms with Gasteiger partial charge >= 0.3 is 0 Å². The van der Waals surface area contributed by atoms with Gasteiger partial charge in [-0.2, -0.15) is 0 Å². The van der Waals surface area contributed by atoms with Crippen LogP contribution in [0.5, 0.6) is 0 Å². The highest BCUT2D eigenvalue weighted by Gasteiger charge is 2.22. The number of fused-ring (bicyclic) bond motifs is 1. The van der Waals surface area contributed by atoms with E-state index in [2.05, 4.69) is 34.5 Å². The lowest BCUT2D eigenvalue weighted by atomic mass is 10.0. The van der Waals surface area contributed by atoms with Gasteiger partial charge in [-0.3, -0.25) is 9.69 Å². The highest BCUT2D eigenvalue weighted by atomic mass is 16.5. The van der Waals surface area contributed by atoms with E-state index in [0.29, 0.717) is 17.3 Å². The molecule has 1 aliphatic rings. The third-order valence-electron chi connectivity index (χ3n) is 5.27. The lowest BCUT2D eigenvalue weighted by Gasteiger charge is -2.19. The van der Waals surface area contributed by atoms with Gasteiger partial charge in [0.2, 0.25) is 0 Å². The number of aromatic nitrogens is 2. The van der Waals surface area contributed by atoms with Gasteiger partial charge in [-0.1, -0.05) is 19.0 Å². The topological polar surface area (TPSA) is 83.3 Å². The van der Waals surface area contributed by atoms with Gasteiger partial charge in [0.05, 0.1) is 11.3 Å². The molecule has 2 aromatic rings. The second kappa shape index (κ2) is 8.73. The Morgan fingerprint density at radius 3 is 2.68 bits per heavy atom. The molecule has 1 aliphatic heterocycles. The second-order valence-electron chi connectivity index (χ2n) is 7.92. The molecule has 0 radical (unpaired) electrons. The Labute approximate surface area is 166 Å². The molecule has 0 atom stereocenters. The number of rotatable bonds is 6. The average molecular weight is 386 g/mol. The number of carbonyl (C=O) groups excluding carboxylic acids is 1. The van der Waals surface area contributed by atoms with Crippen LogP contribution in [0.15, 0.2) is 10.6 Å². The van der Waals surface area contributed by atoms with E-state index in [1.165, 1.54) is 5.56 Å². The minimum Gasteiger partial charge on any atom is -0.369 e. The molecule has 0 aromatic carbocycles. The van der Waals surface area contributed by atoms with E-state index < -0.39 is 0 Å². The van der Waals surface area contributed by atoms with Crippen molar-refractivity contribution < 1.29 is 9.32 Å². The molecular weight excluding hydrogens is 354 g/mol. The molecule has 0 spiro atoms.